The van der Waals surface area contributed by atoms with Gasteiger partial charge in [0.2, 0.25) is 0 Å². The first-order valence-electron chi connectivity index (χ1n) is 6.02. The lowest BCUT2D eigenvalue weighted by Crippen LogP contribution is -2.52. The van der Waals surface area contributed by atoms with E-state index in [-0.39, 0.29) is 5.91 Å². The minimum absolute atomic E-state index is 0.341. The molecule has 18 heavy (non-hydrogen) atoms. The Morgan fingerprint density at radius 3 is 2.44 bits per heavy atom. The molecule has 1 unspecified atom stereocenters. The van der Waals surface area contributed by atoms with E-state index in [4.69, 9.17) is 0 Å². The van der Waals surface area contributed by atoms with Crippen LogP contribution in [0.4, 0.5) is 0 Å². The number of carbonyl (C=O) groups excluding carboxylic acids is 1. The van der Waals surface area contributed by atoms with Crippen LogP contribution in [0.25, 0.3) is 0 Å². The molecule has 1 amide bonds. The maximum Gasteiger partial charge on any atom is 0.329 e. The van der Waals surface area contributed by atoms with Crippen LogP contribution < -0.4 is 5.32 Å². The van der Waals surface area contributed by atoms with E-state index in [1.54, 1.807) is 12.1 Å². The monoisotopic (exact) mass is 249 g/mol. The van der Waals surface area contributed by atoms with Gasteiger partial charge in [-0.15, -0.1) is 0 Å². The second-order valence-electron chi connectivity index (χ2n) is 4.66. The topological polar surface area (TPSA) is 66.4 Å². The fourth-order valence-electron chi connectivity index (χ4n) is 1.87. The van der Waals surface area contributed by atoms with Crippen LogP contribution in [0.3, 0.4) is 0 Å². The maximum atomic E-state index is 12.1. The summed E-state index contributed by atoms with van der Waals surface area (Å²) in [7, 11) is 0. The van der Waals surface area contributed by atoms with Gasteiger partial charge in [0, 0.05) is 5.56 Å². The van der Waals surface area contributed by atoms with E-state index >= 15 is 0 Å². The zero-order valence-corrected chi connectivity index (χ0v) is 11.0. The van der Waals surface area contributed by atoms with Crippen molar-refractivity contribution in [1.29, 1.82) is 0 Å². The van der Waals surface area contributed by atoms with Crippen LogP contribution in [0.2, 0.25) is 0 Å². The van der Waals surface area contributed by atoms with Crippen LogP contribution in [0, 0.1) is 6.92 Å². The largest absolute Gasteiger partial charge is 0.480 e. The molecule has 0 saturated carbocycles. The summed E-state index contributed by atoms with van der Waals surface area (Å²) in [5, 5.41) is 11.8. The van der Waals surface area contributed by atoms with Crippen LogP contribution >= 0.6 is 0 Å². The average Bonchev–Trinajstić information content (AvgIpc) is 2.29. The number of amides is 1. The molecule has 0 aliphatic rings. The molecule has 2 N–H and O–H groups in total. The van der Waals surface area contributed by atoms with Gasteiger partial charge in [-0.3, -0.25) is 4.79 Å². The lowest BCUT2D eigenvalue weighted by atomic mass is 9.95. The van der Waals surface area contributed by atoms with Gasteiger partial charge in [0.15, 0.2) is 0 Å². The van der Waals surface area contributed by atoms with Crippen molar-refractivity contribution in [2.75, 3.05) is 0 Å². The van der Waals surface area contributed by atoms with Crippen LogP contribution in [0.1, 0.15) is 42.6 Å². The van der Waals surface area contributed by atoms with Crippen molar-refractivity contribution in [2.45, 2.75) is 39.2 Å². The number of carboxylic acids is 1. The molecule has 0 saturated heterocycles. The highest BCUT2D eigenvalue weighted by molar-refractivity contribution is 5.98. The van der Waals surface area contributed by atoms with Gasteiger partial charge in [-0.25, -0.2) is 4.79 Å². The summed E-state index contributed by atoms with van der Waals surface area (Å²) in [6, 6.07) is 7.13. The normalized spacial score (nSPS) is 13.7. The van der Waals surface area contributed by atoms with Crippen LogP contribution in [-0.4, -0.2) is 22.5 Å². The third-order valence-corrected chi connectivity index (χ3v) is 3.00. The molecular formula is C14H19NO3. The molecular weight excluding hydrogens is 230 g/mol. The fraction of sp³-hybridized carbons (Fsp3) is 0.429. The number of carbonyl (C=O) groups is 2. The Balaban J connectivity index is 2.93. The predicted molar refractivity (Wildman–Crippen MR) is 69.6 cm³/mol. The second kappa shape index (κ2) is 5.67. The molecule has 0 aromatic heterocycles. The van der Waals surface area contributed by atoms with Crippen LogP contribution in [-0.2, 0) is 4.79 Å². The minimum Gasteiger partial charge on any atom is -0.480 e. The molecule has 4 heteroatoms. The highest BCUT2D eigenvalue weighted by atomic mass is 16.4. The second-order valence-corrected chi connectivity index (χ2v) is 4.66. The lowest BCUT2D eigenvalue weighted by molar-refractivity contribution is -0.144. The standard InChI is InChI=1S/C14H19NO3/c1-4-9-14(3,13(17)18)15-12(16)11-8-6-5-7-10(11)2/h5-8H,4,9H2,1-3H3,(H,15,16)(H,17,18). The molecule has 0 bridgehead atoms. The molecule has 0 spiro atoms. The molecule has 0 fully saturated rings. The van der Waals surface area contributed by atoms with Crippen molar-refractivity contribution >= 4 is 11.9 Å². The van der Waals surface area contributed by atoms with E-state index in [1.165, 1.54) is 6.92 Å². The first-order chi connectivity index (χ1) is 8.40. The van der Waals surface area contributed by atoms with Gasteiger partial charge in [0.25, 0.3) is 5.91 Å². The molecule has 1 rings (SSSR count). The summed E-state index contributed by atoms with van der Waals surface area (Å²) in [6.45, 7) is 5.25. The van der Waals surface area contributed by atoms with Crippen molar-refractivity contribution in [1.82, 2.24) is 5.32 Å². The Kier molecular flexibility index (Phi) is 4.48. The Bertz CT molecular complexity index is 456. The predicted octanol–water partition coefficient (Wildman–Crippen LogP) is 2.37. The number of hydrogen-bond acceptors (Lipinski definition) is 2. The molecule has 0 aliphatic carbocycles. The maximum absolute atomic E-state index is 12.1. The van der Waals surface area contributed by atoms with Crippen LogP contribution in [0.5, 0.6) is 0 Å². The number of carboxylic acid groups (broad SMARTS) is 1. The number of hydrogen-bond donors (Lipinski definition) is 2. The van der Waals surface area contributed by atoms with E-state index < -0.39 is 11.5 Å². The van der Waals surface area contributed by atoms with Gasteiger partial charge in [0.1, 0.15) is 5.54 Å². The summed E-state index contributed by atoms with van der Waals surface area (Å²) in [4.78, 5) is 23.3. The fourth-order valence-corrected chi connectivity index (χ4v) is 1.87. The highest BCUT2D eigenvalue weighted by Gasteiger charge is 2.34. The molecule has 98 valence electrons. The van der Waals surface area contributed by atoms with E-state index in [1.807, 2.05) is 26.0 Å². The third kappa shape index (κ3) is 3.09. The van der Waals surface area contributed by atoms with Gasteiger partial charge >= 0.3 is 5.97 Å². The zero-order chi connectivity index (χ0) is 13.8. The summed E-state index contributed by atoms with van der Waals surface area (Å²) in [5.41, 5.74) is 0.133. The van der Waals surface area contributed by atoms with Gasteiger partial charge in [-0.1, -0.05) is 31.5 Å². The van der Waals surface area contributed by atoms with Crippen molar-refractivity contribution in [3.63, 3.8) is 0 Å². The summed E-state index contributed by atoms with van der Waals surface area (Å²) >= 11 is 0. The van der Waals surface area contributed by atoms with Gasteiger partial charge < -0.3 is 10.4 Å². The quantitative estimate of drug-likeness (QED) is 0.841. The molecule has 1 atom stereocenters. The summed E-state index contributed by atoms with van der Waals surface area (Å²) < 4.78 is 0. The van der Waals surface area contributed by atoms with Crippen molar-refractivity contribution in [2.24, 2.45) is 0 Å². The summed E-state index contributed by atoms with van der Waals surface area (Å²) in [6.07, 6.45) is 1.09. The molecule has 1 aromatic rings. The summed E-state index contributed by atoms with van der Waals surface area (Å²) in [5.74, 6) is -1.35. The molecule has 0 aliphatic heterocycles. The van der Waals surface area contributed by atoms with Crippen molar-refractivity contribution in [3.8, 4) is 0 Å². The highest BCUT2D eigenvalue weighted by Crippen LogP contribution is 2.15. The van der Waals surface area contributed by atoms with E-state index in [2.05, 4.69) is 5.32 Å². The number of benzene rings is 1. The zero-order valence-electron chi connectivity index (χ0n) is 11.0. The Hall–Kier alpha value is -1.84. The number of rotatable bonds is 5. The molecule has 1 aromatic carbocycles. The first-order valence-corrected chi connectivity index (χ1v) is 6.02. The SMILES string of the molecule is CCCC(C)(NC(=O)c1ccccc1C)C(=O)O. The van der Waals surface area contributed by atoms with Gasteiger partial charge in [0.05, 0.1) is 0 Å². The van der Waals surface area contributed by atoms with Crippen LogP contribution in [0.15, 0.2) is 24.3 Å². The Morgan fingerprint density at radius 2 is 1.94 bits per heavy atom. The van der Waals surface area contributed by atoms with E-state index in [9.17, 15) is 14.7 Å². The van der Waals surface area contributed by atoms with E-state index in [0.29, 0.717) is 18.4 Å². The van der Waals surface area contributed by atoms with Gasteiger partial charge in [-0.05, 0) is 31.9 Å². The smallest absolute Gasteiger partial charge is 0.329 e. The molecule has 0 radical (unpaired) electrons. The van der Waals surface area contributed by atoms with Crippen molar-refractivity contribution in [3.05, 3.63) is 35.4 Å². The average molecular weight is 249 g/mol. The van der Waals surface area contributed by atoms with Gasteiger partial charge in [-0.2, -0.15) is 0 Å². The number of nitrogens with one attached hydrogen (secondary N) is 1. The first kappa shape index (κ1) is 14.2. The molecule has 0 heterocycles. The van der Waals surface area contributed by atoms with E-state index in [0.717, 1.165) is 5.56 Å². The minimum atomic E-state index is -1.21. The molecule has 4 nitrogen and oxygen atoms in total. The Morgan fingerprint density at radius 1 is 1.33 bits per heavy atom. The number of aliphatic carboxylic acids is 1. The Labute approximate surface area is 107 Å². The lowest BCUT2D eigenvalue weighted by Gasteiger charge is -2.26. The third-order valence-electron chi connectivity index (χ3n) is 3.00. The van der Waals surface area contributed by atoms with Crippen molar-refractivity contribution < 1.29 is 14.7 Å². The number of aryl methyl sites for hydroxylation is 1.